The molecule has 0 saturated carbocycles. The highest BCUT2D eigenvalue weighted by molar-refractivity contribution is 8.26. The minimum Gasteiger partial charge on any atom is -0.486 e. The summed E-state index contributed by atoms with van der Waals surface area (Å²) in [6, 6.07) is 17.5. The molecule has 2 heterocycles. The van der Waals surface area contributed by atoms with Crippen molar-refractivity contribution in [1.29, 1.82) is 5.41 Å². The minimum atomic E-state index is -0.412. The number of hydrogen-bond acceptors (Lipinski definition) is 5. The largest absolute Gasteiger partial charge is 0.486 e. The maximum Gasteiger partial charge on any atom is 0.283 e. The van der Waals surface area contributed by atoms with E-state index in [0.717, 1.165) is 34.8 Å². The molecular weight excluding hydrogens is 396 g/mol. The molecule has 2 aromatic rings. The van der Waals surface area contributed by atoms with E-state index in [1.807, 2.05) is 61.5 Å². The van der Waals surface area contributed by atoms with Crippen molar-refractivity contribution in [3.8, 4) is 5.75 Å². The molecule has 1 amide bonds. The van der Waals surface area contributed by atoms with Gasteiger partial charge in [0.05, 0.1) is 5.57 Å². The lowest BCUT2D eigenvalue weighted by molar-refractivity contribution is -0.114. The third-order valence-electron chi connectivity index (χ3n) is 4.73. The molecule has 1 N–H and O–H groups in total. The average Bonchev–Trinajstić information content (AvgIpc) is 3.16. The van der Waals surface area contributed by atoms with Crippen molar-refractivity contribution < 1.29 is 9.53 Å². The van der Waals surface area contributed by atoms with Gasteiger partial charge in [-0.2, -0.15) is 15.1 Å². The van der Waals surface area contributed by atoms with Gasteiger partial charge in [0.1, 0.15) is 16.9 Å². The molecular formula is C23H22N4O2S. The monoisotopic (exact) mass is 418 g/mol. The first-order valence-corrected chi connectivity index (χ1v) is 10.7. The third-order valence-corrected chi connectivity index (χ3v) is 5.70. The number of fused-ring (bicyclic) bond motifs is 1. The normalized spacial score (nSPS) is 18.2. The van der Waals surface area contributed by atoms with E-state index in [-0.39, 0.29) is 17.5 Å². The average molecular weight is 419 g/mol. The Labute approximate surface area is 179 Å². The van der Waals surface area contributed by atoms with Gasteiger partial charge in [0.25, 0.3) is 5.91 Å². The van der Waals surface area contributed by atoms with Crippen LogP contribution in [-0.2, 0) is 4.79 Å². The highest BCUT2D eigenvalue weighted by Gasteiger charge is 2.35. The number of amides is 1. The smallest absolute Gasteiger partial charge is 0.283 e. The highest BCUT2D eigenvalue weighted by atomic mass is 32.2. The van der Waals surface area contributed by atoms with Crippen LogP contribution in [0.2, 0.25) is 0 Å². The molecule has 0 saturated heterocycles. The van der Waals surface area contributed by atoms with E-state index >= 15 is 0 Å². The van der Waals surface area contributed by atoms with Crippen LogP contribution in [0.15, 0.2) is 70.3 Å². The molecule has 0 fully saturated rings. The molecule has 0 unspecified atom stereocenters. The van der Waals surface area contributed by atoms with Gasteiger partial charge in [-0.25, -0.2) is 0 Å². The summed E-state index contributed by atoms with van der Waals surface area (Å²) in [4.78, 5) is 16.6. The lowest BCUT2D eigenvalue weighted by Crippen LogP contribution is -2.35. The Balaban J connectivity index is 1.50. The van der Waals surface area contributed by atoms with Crippen LogP contribution in [0.25, 0.3) is 6.08 Å². The number of aliphatic imine (C=N–C) groups is 1. The Morgan fingerprint density at radius 1 is 1.17 bits per heavy atom. The van der Waals surface area contributed by atoms with E-state index < -0.39 is 5.91 Å². The summed E-state index contributed by atoms with van der Waals surface area (Å²) in [6.07, 6.45) is 3.37. The van der Waals surface area contributed by atoms with Crippen molar-refractivity contribution in [3.63, 3.8) is 0 Å². The molecule has 4 rings (SSSR count). The van der Waals surface area contributed by atoms with Crippen molar-refractivity contribution in [2.75, 3.05) is 0 Å². The van der Waals surface area contributed by atoms with Crippen LogP contribution in [-0.4, -0.2) is 27.0 Å². The molecule has 30 heavy (non-hydrogen) atoms. The number of benzene rings is 2. The summed E-state index contributed by atoms with van der Waals surface area (Å²) >= 11 is 1.36. The molecule has 152 valence electrons. The summed E-state index contributed by atoms with van der Waals surface area (Å²) in [5, 5.41) is 15.6. The molecule has 6 nitrogen and oxygen atoms in total. The number of carbonyl (C=O) groups is 1. The van der Waals surface area contributed by atoms with E-state index in [2.05, 4.69) is 17.0 Å². The van der Waals surface area contributed by atoms with E-state index in [1.54, 1.807) is 6.08 Å². The number of nitrogens with zero attached hydrogens (tertiary/aromatic N) is 3. The van der Waals surface area contributed by atoms with Crippen LogP contribution < -0.4 is 4.74 Å². The van der Waals surface area contributed by atoms with E-state index in [9.17, 15) is 4.79 Å². The van der Waals surface area contributed by atoms with Crippen molar-refractivity contribution in [3.05, 3.63) is 71.3 Å². The number of hydrazone groups is 1. The second-order valence-corrected chi connectivity index (χ2v) is 8.04. The maximum absolute atomic E-state index is 12.5. The van der Waals surface area contributed by atoms with Crippen LogP contribution in [0.5, 0.6) is 5.75 Å². The predicted octanol–water partition coefficient (Wildman–Crippen LogP) is 5.25. The molecule has 0 aliphatic carbocycles. The zero-order valence-electron chi connectivity index (χ0n) is 16.8. The lowest BCUT2D eigenvalue weighted by Gasteiger charge is -2.20. The quantitative estimate of drug-likeness (QED) is 0.650. The SMILES string of the molecule is CCCC1=NN2C(=N)/C(=C/c3ccc(O[C@H](C)c4ccccc4)cc3)C(=O)N=C2S1. The molecule has 2 aliphatic heterocycles. The Kier molecular flexibility index (Phi) is 5.81. The predicted molar refractivity (Wildman–Crippen MR) is 122 cm³/mol. The summed E-state index contributed by atoms with van der Waals surface area (Å²) in [7, 11) is 0. The van der Waals surface area contributed by atoms with Crippen LogP contribution in [0, 0.1) is 5.41 Å². The van der Waals surface area contributed by atoms with Gasteiger partial charge in [-0.15, -0.1) is 0 Å². The molecule has 1 atom stereocenters. The summed E-state index contributed by atoms with van der Waals surface area (Å²) in [5.74, 6) is 0.384. The zero-order chi connectivity index (χ0) is 21.1. The minimum absolute atomic E-state index is 0.0571. The van der Waals surface area contributed by atoms with Gasteiger partial charge < -0.3 is 4.74 Å². The first-order valence-electron chi connectivity index (χ1n) is 9.86. The Bertz CT molecular complexity index is 1060. The number of amidine groups is 2. The second kappa shape index (κ2) is 8.67. The first kappa shape index (κ1) is 20.1. The highest BCUT2D eigenvalue weighted by Crippen LogP contribution is 2.30. The number of thioether (sulfide) groups is 1. The van der Waals surface area contributed by atoms with Gasteiger partial charge in [0, 0.05) is 0 Å². The van der Waals surface area contributed by atoms with Crippen LogP contribution in [0.1, 0.15) is 43.9 Å². The molecule has 7 heteroatoms. The fraction of sp³-hybridized carbons (Fsp3) is 0.217. The standard InChI is InChI=1S/C23H22N4O2S/c1-3-7-20-26-27-21(24)19(22(28)25-23(27)30-20)14-16-10-12-18(13-11-16)29-15(2)17-8-5-4-6-9-17/h4-6,8-15,24H,3,7H2,1-2H3/b19-14-,24-21?/t15-/m1/s1. The molecule has 0 spiro atoms. The fourth-order valence-corrected chi connectivity index (χ4v) is 4.14. The second-order valence-electron chi connectivity index (χ2n) is 7.00. The van der Waals surface area contributed by atoms with Gasteiger partial charge in [-0.3, -0.25) is 10.2 Å². The summed E-state index contributed by atoms with van der Waals surface area (Å²) in [5.41, 5.74) is 2.13. The Morgan fingerprint density at radius 2 is 1.90 bits per heavy atom. The zero-order valence-corrected chi connectivity index (χ0v) is 17.6. The van der Waals surface area contributed by atoms with Gasteiger partial charge >= 0.3 is 0 Å². The summed E-state index contributed by atoms with van der Waals surface area (Å²) < 4.78 is 6.00. The van der Waals surface area contributed by atoms with E-state index in [1.165, 1.54) is 16.8 Å². The van der Waals surface area contributed by atoms with E-state index in [0.29, 0.717) is 5.17 Å². The third kappa shape index (κ3) is 4.21. The number of ether oxygens (including phenoxy) is 1. The topological polar surface area (TPSA) is 78.1 Å². The molecule has 0 bridgehead atoms. The van der Waals surface area contributed by atoms with Crippen molar-refractivity contribution in [2.24, 2.45) is 10.1 Å². The van der Waals surface area contributed by atoms with Crippen molar-refractivity contribution >= 4 is 39.8 Å². The molecule has 2 aliphatic rings. The van der Waals surface area contributed by atoms with E-state index in [4.69, 9.17) is 10.1 Å². The molecule has 0 radical (unpaired) electrons. The number of rotatable bonds is 6. The molecule has 2 aromatic carbocycles. The fourth-order valence-electron chi connectivity index (χ4n) is 3.15. The number of nitrogens with one attached hydrogen (secondary N) is 1. The number of hydrogen-bond donors (Lipinski definition) is 1. The number of carbonyl (C=O) groups excluding carboxylic acids is 1. The van der Waals surface area contributed by atoms with Gasteiger partial charge in [0.15, 0.2) is 5.84 Å². The van der Waals surface area contributed by atoms with Gasteiger partial charge in [-0.05, 0) is 60.9 Å². The van der Waals surface area contributed by atoms with Gasteiger partial charge in [0.2, 0.25) is 5.17 Å². The first-order chi connectivity index (χ1) is 14.5. The Hall–Kier alpha value is -3.19. The Morgan fingerprint density at radius 3 is 2.60 bits per heavy atom. The maximum atomic E-state index is 12.5. The summed E-state index contributed by atoms with van der Waals surface area (Å²) in [6.45, 7) is 4.07. The van der Waals surface area contributed by atoms with Crippen LogP contribution in [0.3, 0.4) is 0 Å². The van der Waals surface area contributed by atoms with Crippen LogP contribution >= 0.6 is 11.8 Å². The van der Waals surface area contributed by atoms with Crippen molar-refractivity contribution in [2.45, 2.75) is 32.8 Å². The van der Waals surface area contributed by atoms with Gasteiger partial charge in [-0.1, -0.05) is 49.4 Å². The van der Waals surface area contributed by atoms with Crippen molar-refractivity contribution in [1.82, 2.24) is 5.01 Å². The lowest BCUT2D eigenvalue weighted by atomic mass is 10.1. The van der Waals surface area contributed by atoms with Crippen LogP contribution in [0.4, 0.5) is 0 Å². The molecule has 0 aromatic heterocycles.